The molecule has 0 aliphatic carbocycles. The first-order valence-electron chi connectivity index (χ1n) is 8.22. The second kappa shape index (κ2) is 9.27. The van der Waals surface area contributed by atoms with Gasteiger partial charge in [0.1, 0.15) is 16.9 Å². The highest BCUT2D eigenvalue weighted by Crippen LogP contribution is 2.25. The summed E-state index contributed by atoms with van der Waals surface area (Å²) >= 11 is 0. The predicted octanol–water partition coefficient (Wildman–Crippen LogP) is 3.41. The molecule has 1 aromatic carbocycles. The molecule has 134 valence electrons. The number of nitrogens with one attached hydrogen (secondary N) is 1. The number of esters is 1. The van der Waals surface area contributed by atoms with Gasteiger partial charge in [-0.15, -0.1) is 0 Å². The first kappa shape index (κ1) is 20.0. The number of carbonyl (C=O) groups is 2. The SMILES string of the molecule is CCCO[C@@](C)(CC)C(=O)Nc1ccc(OCC)c(C(=O)OC)c1. The van der Waals surface area contributed by atoms with E-state index in [1.54, 1.807) is 25.1 Å². The van der Waals surface area contributed by atoms with Crippen molar-refractivity contribution >= 4 is 17.6 Å². The molecular formula is C18H27NO5. The van der Waals surface area contributed by atoms with Crippen LogP contribution in [0.2, 0.25) is 0 Å². The minimum atomic E-state index is -0.917. The Labute approximate surface area is 143 Å². The molecule has 0 saturated carbocycles. The summed E-state index contributed by atoms with van der Waals surface area (Å²) in [5, 5.41) is 2.80. The summed E-state index contributed by atoms with van der Waals surface area (Å²) in [4.78, 5) is 24.5. The van der Waals surface area contributed by atoms with E-state index < -0.39 is 11.6 Å². The fourth-order valence-electron chi connectivity index (χ4n) is 2.08. The van der Waals surface area contributed by atoms with Gasteiger partial charge in [-0.2, -0.15) is 0 Å². The summed E-state index contributed by atoms with van der Waals surface area (Å²) < 4.78 is 15.9. The van der Waals surface area contributed by atoms with E-state index in [0.29, 0.717) is 31.1 Å². The number of rotatable bonds is 9. The topological polar surface area (TPSA) is 73.9 Å². The van der Waals surface area contributed by atoms with Gasteiger partial charge in [-0.3, -0.25) is 4.79 Å². The molecule has 24 heavy (non-hydrogen) atoms. The van der Waals surface area contributed by atoms with Crippen LogP contribution in [0.3, 0.4) is 0 Å². The van der Waals surface area contributed by atoms with Crippen LogP contribution in [-0.4, -0.2) is 37.8 Å². The van der Waals surface area contributed by atoms with Crippen molar-refractivity contribution in [2.24, 2.45) is 0 Å². The molecule has 1 atom stereocenters. The molecule has 6 heteroatoms. The highest BCUT2D eigenvalue weighted by Gasteiger charge is 2.32. The Morgan fingerprint density at radius 1 is 1.21 bits per heavy atom. The maximum atomic E-state index is 12.5. The van der Waals surface area contributed by atoms with Gasteiger partial charge in [0, 0.05) is 12.3 Å². The van der Waals surface area contributed by atoms with Gasteiger partial charge in [-0.1, -0.05) is 13.8 Å². The first-order chi connectivity index (χ1) is 11.4. The lowest BCUT2D eigenvalue weighted by Crippen LogP contribution is -2.42. The lowest BCUT2D eigenvalue weighted by Gasteiger charge is -2.27. The number of carbonyl (C=O) groups excluding carboxylic acids is 2. The van der Waals surface area contributed by atoms with E-state index in [0.717, 1.165) is 6.42 Å². The van der Waals surface area contributed by atoms with Crippen LogP contribution in [0.15, 0.2) is 18.2 Å². The third-order valence-corrected chi connectivity index (χ3v) is 3.72. The number of anilines is 1. The fourth-order valence-corrected chi connectivity index (χ4v) is 2.08. The third-order valence-electron chi connectivity index (χ3n) is 3.72. The van der Waals surface area contributed by atoms with Crippen molar-refractivity contribution in [3.05, 3.63) is 23.8 Å². The summed E-state index contributed by atoms with van der Waals surface area (Å²) in [6, 6.07) is 4.87. The fraction of sp³-hybridized carbons (Fsp3) is 0.556. The molecule has 6 nitrogen and oxygen atoms in total. The summed E-state index contributed by atoms with van der Waals surface area (Å²) in [6.45, 7) is 8.40. The maximum absolute atomic E-state index is 12.5. The zero-order chi connectivity index (χ0) is 18.2. The van der Waals surface area contributed by atoms with Crippen molar-refractivity contribution in [1.29, 1.82) is 0 Å². The molecule has 0 aromatic heterocycles. The molecule has 0 fully saturated rings. The summed E-state index contributed by atoms with van der Waals surface area (Å²) in [5.41, 5.74) is -0.159. The molecule has 1 amide bonds. The normalized spacial score (nSPS) is 13.0. The quantitative estimate of drug-likeness (QED) is 0.699. The van der Waals surface area contributed by atoms with Crippen LogP contribution in [0.4, 0.5) is 5.69 Å². The zero-order valence-electron chi connectivity index (χ0n) is 15.1. The van der Waals surface area contributed by atoms with E-state index in [1.165, 1.54) is 7.11 Å². The second-order valence-corrected chi connectivity index (χ2v) is 5.52. The van der Waals surface area contributed by atoms with Crippen molar-refractivity contribution in [3.63, 3.8) is 0 Å². The third kappa shape index (κ3) is 4.96. The molecule has 0 spiro atoms. The van der Waals surface area contributed by atoms with E-state index in [1.807, 2.05) is 20.8 Å². The summed E-state index contributed by atoms with van der Waals surface area (Å²) in [5.74, 6) is -0.351. The number of hydrogen-bond donors (Lipinski definition) is 1. The van der Waals surface area contributed by atoms with E-state index in [4.69, 9.17) is 14.2 Å². The van der Waals surface area contributed by atoms with Crippen LogP contribution in [0, 0.1) is 0 Å². The Bertz CT molecular complexity index is 573. The lowest BCUT2D eigenvalue weighted by molar-refractivity contribution is -0.139. The monoisotopic (exact) mass is 337 g/mol. The highest BCUT2D eigenvalue weighted by atomic mass is 16.5. The van der Waals surface area contributed by atoms with Crippen LogP contribution < -0.4 is 10.1 Å². The minimum absolute atomic E-state index is 0.251. The van der Waals surface area contributed by atoms with Crippen molar-refractivity contribution in [3.8, 4) is 5.75 Å². The van der Waals surface area contributed by atoms with E-state index in [2.05, 4.69) is 5.32 Å². The number of methoxy groups -OCH3 is 1. The van der Waals surface area contributed by atoms with Crippen molar-refractivity contribution in [1.82, 2.24) is 0 Å². The lowest BCUT2D eigenvalue weighted by atomic mass is 10.0. The number of benzene rings is 1. The van der Waals surface area contributed by atoms with Crippen LogP contribution >= 0.6 is 0 Å². The zero-order valence-corrected chi connectivity index (χ0v) is 15.1. The molecule has 1 rings (SSSR count). The molecule has 0 radical (unpaired) electrons. The standard InChI is InChI=1S/C18H27NO5/c1-6-11-24-18(4,7-2)17(21)19-13-9-10-15(23-8-3)14(12-13)16(20)22-5/h9-10,12H,6-8,11H2,1-5H3,(H,19,21)/t18-/m0/s1. The van der Waals surface area contributed by atoms with Gasteiger partial charge in [0.15, 0.2) is 0 Å². The highest BCUT2D eigenvalue weighted by molar-refractivity contribution is 5.99. The first-order valence-corrected chi connectivity index (χ1v) is 8.22. The molecule has 1 aromatic rings. The average molecular weight is 337 g/mol. The van der Waals surface area contributed by atoms with E-state index in [9.17, 15) is 9.59 Å². The van der Waals surface area contributed by atoms with Crippen LogP contribution in [0.1, 0.15) is 50.9 Å². The molecule has 0 heterocycles. The minimum Gasteiger partial charge on any atom is -0.493 e. The Balaban J connectivity index is 3.01. The molecule has 1 N–H and O–H groups in total. The Morgan fingerprint density at radius 3 is 2.46 bits per heavy atom. The Hall–Kier alpha value is -2.08. The van der Waals surface area contributed by atoms with E-state index >= 15 is 0 Å². The van der Waals surface area contributed by atoms with Gasteiger partial charge in [-0.25, -0.2) is 4.79 Å². The van der Waals surface area contributed by atoms with Crippen molar-refractivity contribution in [2.75, 3.05) is 25.6 Å². The van der Waals surface area contributed by atoms with Crippen molar-refractivity contribution in [2.45, 2.75) is 46.1 Å². The molecular weight excluding hydrogens is 310 g/mol. The summed E-state index contributed by atoms with van der Waals surface area (Å²) in [7, 11) is 1.30. The predicted molar refractivity (Wildman–Crippen MR) is 92.5 cm³/mol. The maximum Gasteiger partial charge on any atom is 0.341 e. The molecule has 0 unspecified atom stereocenters. The van der Waals surface area contributed by atoms with Gasteiger partial charge in [0.05, 0.1) is 13.7 Å². The van der Waals surface area contributed by atoms with Gasteiger partial charge < -0.3 is 19.5 Å². The van der Waals surface area contributed by atoms with Gasteiger partial charge >= 0.3 is 5.97 Å². The largest absolute Gasteiger partial charge is 0.493 e. The second-order valence-electron chi connectivity index (χ2n) is 5.52. The smallest absolute Gasteiger partial charge is 0.341 e. The number of hydrogen-bond acceptors (Lipinski definition) is 5. The molecule has 0 bridgehead atoms. The van der Waals surface area contributed by atoms with Gasteiger partial charge in [-0.05, 0) is 44.9 Å². The number of amides is 1. The summed E-state index contributed by atoms with van der Waals surface area (Å²) in [6.07, 6.45) is 1.37. The van der Waals surface area contributed by atoms with E-state index in [-0.39, 0.29) is 11.5 Å². The Morgan fingerprint density at radius 2 is 1.92 bits per heavy atom. The average Bonchev–Trinajstić information content (AvgIpc) is 2.60. The van der Waals surface area contributed by atoms with Crippen LogP contribution in [0.5, 0.6) is 5.75 Å². The Kier molecular flexibility index (Phi) is 7.71. The van der Waals surface area contributed by atoms with Crippen LogP contribution in [-0.2, 0) is 14.3 Å². The van der Waals surface area contributed by atoms with Gasteiger partial charge in [0.2, 0.25) is 0 Å². The number of ether oxygens (including phenoxy) is 3. The van der Waals surface area contributed by atoms with Crippen LogP contribution in [0.25, 0.3) is 0 Å². The van der Waals surface area contributed by atoms with Crippen molar-refractivity contribution < 1.29 is 23.8 Å². The van der Waals surface area contributed by atoms with Gasteiger partial charge in [0.25, 0.3) is 5.91 Å². The molecule has 0 aliphatic rings. The molecule has 0 aliphatic heterocycles. The molecule has 0 saturated heterocycles.